The molecule has 194 valence electrons. The van der Waals surface area contributed by atoms with Gasteiger partial charge in [0, 0.05) is 37.3 Å². The molecule has 3 heterocycles. The zero-order valence-electron chi connectivity index (χ0n) is 21.4. The lowest BCUT2D eigenvalue weighted by Crippen LogP contribution is -2.44. The lowest BCUT2D eigenvalue weighted by molar-refractivity contribution is 0.0160. The first-order chi connectivity index (χ1) is 17.1. The third-order valence-corrected chi connectivity index (χ3v) is 6.12. The van der Waals surface area contributed by atoms with Gasteiger partial charge in [-0.15, -0.1) is 0 Å². The Balaban J connectivity index is 1.70. The van der Waals surface area contributed by atoms with Gasteiger partial charge in [-0.3, -0.25) is 4.90 Å². The number of fused-ring (bicyclic) bond motifs is 1. The van der Waals surface area contributed by atoms with Crippen LogP contribution in [0.15, 0.2) is 18.2 Å². The van der Waals surface area contributed by atoms with Crippen molar-refractivity contribution in [2.24, 2.45) is 0 Å². The number of halogens is 2. The minimum absolute atomic E-state index is 0.108. The van der Waals surface area contributed by atoms with Gasteiger partial charge < -0.3 is 20.1 Å². The summed E-state index contributed by atoms with van der Waals surface area (Å²) in [6.07, 6.45) is 2.54. The van der Waals surface area contributed by atoms with E-state index in [0.717, 1.165) is 11.3 Å². The molecule has 0 aliphatic carbocycles. The number of nitrogens with one attached hydrogen (secondary N) is 2. The molecule has 1 atom stereocenters. The van der Waals surface area contributed by atoms with E-state index in [1.807, 2.05) is 6.92 Å². The van der Waals surface area contributed by atoms with Gasteiger partial charge >= 0.3 is 6.09 Å². The molecule has 0 radical (unpaired) electrons. The number of carbonyl (C=O) groups excluding carboxylic acids is 1. The fourth-order valence-corrected chi connectivity index (χ4v) is 4.43. The van der Waals surface area contributed by atoms with Crippen molar-refractivity contribution < 1.29 is 23.0 Å². The van der Waals surface area contributed by atoms with E-state index in [-0.39, 0.29) is 18.2 Å². The van der Waals surface area contributed by atoms with Crippen LogP contribution in [0.1, 0.15) is 50.4 Å². The number of carbonyl (C=O) groups is 1. The number of hydrogen-bond acceptors (Lipinski definition) is 7. The molecular weight excluding hydrogens is 468 g/mol. The molecule has 36 heavy (non-hydrogen) atoms. The summed E-state index contributed by atoms with van der Waals surface area (Å²) in [7, 11) is 1.75. The molecule has 0 fully saturated rings. The van der Waals surface area contributed by atoms with Gasteiger partial charge in [0.2, 0.25) is 5.95 Å². The summed E-state index contributed by atoms with van der Waals surface area (Å²) in [5, 5.41) is 5.99. The molecule has 2 aliphatic rings. The van der Waals surface area contributed by atoms with Crippen LogP contribution in [0.5, 0.6) is 5.75 Å². The number of rotatable bonds is 5. The number of ether oxygens (including phenoxy) is 2. The van der Waals surface area contributed by atoms with E-state index >= 15 is 4.39 Å². The second kappa shape index (κ2) is 10.3. The number of aryl methyl sites for hydroxylation is 1. The Morgan fingerprint density at radius 3 is 2.75 bits per heavy atom. The summed E-state index contributed by atoms with van der Waals surface area (Å²) >= 11 is 0. The molecule has 1 unspecified atom stereocenters. The summed E-state index contributed by atoms with van der Waals surface area (Å²) in [5.74, 6) is 0.876. The summed E-state index contributed by atoms with van der Waals surface area (Å²) in [5.41, 5.74) is 2.12. The van der Waals surface area contributed by atoms with Crippen LogP contribution < -0.4 is 15.4 Å². The van der Waals surface area contributed by atoms with Crippen molar-refractivity contribution in [1.29, 1.82) is 0 Å². The first-order valence-electron chi connectivity index (χ1n) is 12.1. The Kier molecular flexibility index (Phi) is 7.33. The number of hydrogen-bond donors (Lipinski definition) is 2. The topological polar surface area (TPSA) is 88.6 Å². The first kappa shape index (κ1) is 25.7. The average molecular weight is 502 g/mol. The smallest absolute Gasteiger partial charge is 0.410 e. The zero-order valence-corrected chi connectivity index (χ0v) is 21.4. The molecule has 2 aromatic rings. The van der Waals surface area contributed by atoms with Crippen LogP contribution in [-0.2, 0) is 11.2 Å². The Labute approximate surface area is 210 Å². The van der Waals surface area contributed by atoms with Crippen molar-refractivity contribution in [3.05, 3.63) is 40.8 Å². The Hall–Kier alpha value is -3.43. The van der Waals surface area contributed by atoms with E-state index in [9.17, 15) is 9.18 Å². The van der Waals surface area contributed by atoms with Gasteiger partial charge in [0.1, 0.15) is 23.8 Å². The Morgan fingerprint density at radius 1 is 1.28 bits per heavy atom. The molecule has 10 heteroatoms. The molecular formula is C26H33F2N5O3. The van der Waals surface area contributed by atoms with Crippen molar-refractivity contribution in [1.82, 2.24) is 14.9 Å². The average Bonchev–Trinajstić information content (AvgIpc) is 3.15. The van der Waals surface area contributed by atoms with E-state index in [1.54, 1.807) is 46.0 Å². The summed E-state index contributed by atoms with van der Waals surface area (Å²) in [4.78, 5) is 22.9. The van der Waals surface area contributed by atoms with Gasteiger partial charge in [0.25, 0.3) is 0 Å². The first-order valence-corrected chi connectivity index (χ1v) is 12.1. The molecule has 0 bridgehead atoms. The van der Waals surface area contributed by atoms with Gasteiger partial charge in [-0.1, -0.05) is 6.08 Å². The predicted molar refractivity (Wildman–Crippen MR) is 135 cm³/mol. The van der Waals surface area contributed by atoms with Gasteiger partial charge in [-0.2, -0.15) is 4.98 Å². The fourth-order valence-electron chi connectivity index (χ4n) is 4.43. The van der Waals surface area contributed by atoms with Crippen molar-refractivity contribution in [2.45, 2.75) is 58.6 Å². The molecule has 0 saturated heterocycles. The highest BCUT2D eigenvalue weighted by Gasteiger charge is 2.32. The summed E-state index contributed by atoms with van der Waals surface area (Å²) in [6.45, 7) is 6.97. The lowest BCUT2D eigenvalue weighted by atomic mass is 9.95. The van der Waals surface area contributed by atoms with Crippen LogP contribution in [0.2, 0.25) is 0 Å². The maximum Gasteiger partial charge on any atom is 0.410 e. The predicted octanol–water partition coefficient (Wildman–Crippen LogP) is 5.40. The fraction of sp³-hybridized carbons (Fsp3) is 0.500. The van der Waals surface area contributed by atoms with Gasteiger partial charge in [-0.05, 0) is 52.2 Å². The van der Waals surface area contributed by atoms with Crippen LogP contribution in [0.4, 0.5) is 31.0 Å². The summed E-state index contributed by atoms with van der Waals surface area (Å²) < 4.78 is 41.3. The summed E-state index contributed by atoms with van der Waals surface area (Å²) in [6, 6.07) is 2.85. The Bertz CT molecular complexity index is 1180. The lowest BCUT2D eigenvalue weighted by Gasteiger charge is -2.30. The number of amides is 1. The minimum Gasteiger partial charge on any atom is -0.492 e. The maximum atomic E-state index is 16.0. The van der Waals surface area contributed by atoms with Gasteiger partial charge in [0.05, 0.1) is 23.9 Å². The molecule has 1 amide bonds. The highest BCUT2D eigenvalue weighted by atomic mass is 19.1. The molecule has 8 nitrogen and oxygen atoms in total. The van der Waals surface area contributed by atoms with Crippen molar-refractivity contribution >= 4 is 29.1 Å². The van der Waals surface area contributed by atoms with Gasteiger partial charge in [0.15, 0.2) is 5.82 Å². The Morgan fingerprint density at radius 2 is 2.06 bits per heavy atom. The third kappa shape index (κ3) is 5.52. The van der Waals surface area contributed by atoms with E-state index < -0.39 is 30.2 Å². The van der Waals surface area contributed by atoms with Crippen LogP contribution in [-0.4, -0.2) is 59.5 Å². The maximum absolute atomic E-state index is 16.0. The SMILES string of the molecule is CNc1cc(C)nc(Nc2cc3c(c(C4=CCN(C(=O)OC(C)(C)C)C(CF)CC4)c2F)OCC3)n1. The molecule has 1 aromatic carbocycles. The number of nitrogens with zero attached hydrogens (tertiary/aromatic N) is 3. The van der Waals surface area contributed by atoms with E-state index in [0.29, 0.717) is 48.6 Å². The van der Waals surface area contributed by atoms with Crippen LogP contribution in [0, 0.1) is 12.7 Å². The minimum atomic E-state index is -0.711. The van der Waals surface area contributed by atoms with Crippen LogP contribution in [0.3, 0.4) is 0 Å². The standard InChI is InChI=1S/C26H33F2N5O3/c1-15-12-20(29-5)32-24(30-15)31-19-13-17-9-11-35-23(17)21(22(19)28)16-6-7-18(14-27)33(10-8-16)25(34)36-26(2,3)4/h8,12-13,18H,6-7,9-11,14H2,1-5H3,(H2,29,30,31,32). The molecule has 4 rings (SSSR count). The molecule has 2 aliphatic heterocycles. The van der Waals surface area contributed by atoms with Crippen LogP contribution >= 0.6 is 0 Å². The van der Waals surface area contributed by atoms with E-state index in [2.05, 4.69) is 20.6 Å². The normalized spacial score (nSPS) is 17.6. The van der Waals surface area contributed by atoms with Crippen molar-refractivity contribution in [3.63, 3.8) is 0 Å². The van der Waals surface area contributed by atoms with E-state index in [4.69, 9.17) is 9.47 Å². The largest absolute Gasteiger partial charge is 0.492 e. The highest BCUT2D eigenvalue weighted by molar-refractivity contribution is 5.79. The second-order valence-electron chi connectivity index (χ2n) is 10.0. The van der Waals surface area contributed by atoms with Crippen LogP contribution in [0.25, 0.3) is 5.57 Å². The molecule has 1 aromatic heterocycles. The van der Waals surface area contributed by atoms with Crippen molar-refractivity contribution in [3.8, 4) is 5.75 Å². The second-order valence-corrected chi connectivity index (χ2v) is 10.0. The van der Waals surface area contributed by atoms with E-state index in [1.165, 1.54) is 4.90 Å². The monoisotopic (exact) mass is 501 g/mol. The molecule has 0 spiro atoms. The van der Waals surface area contributed by atoms with Crippen molar-refractivity contribution in [2.75, 3.05) is 37.5 Å². The number of alkyl halides is 1. The molecule has 2 N–H and O–H groups in total. The molecule has 0 saturated carbocycles. The number of aromatic nitrogens is 2. The number of allylic oxidation sites excluding steroid dienone is 1. The number of benzene rings is 1. The number of anilines is 3. The zero-order chi connectivity index (χ0) is 26.0. The quantitative estimate of drug-likeness (QED) is 0.567. The highest BCUT2D eigenvalue weighted by Crippen LogP contribution is 2.42. The van der Waals surface area contributed by atoms with Gasteiger partial charge in [-0.25, -0.2) is 18.6 Å². The third-order valence-electron chi connectivity index (χ3n) is 6.12.